The Kier molecular flexibility index (Phi) is 1.57. The third kappa shape index (κ3) is 1.06. The van der Waals surface area contributed by atoms with Gasteiger partial charge in [-0.2, -0.15) is 0 Å². The maximum absolute atomic E-state index is 5.28. The molecule has 0 saturated carbocycles. The van der Waals surface area contributed by atoms with Gasteiger partial charge in [-0.15, -0.1) is 6.42 Å². The fourth-order valence-corrected chi connectivity index (χ4v) is 1.22. The summed E-state index contributed by atoms with van der Waals surface area (Å²) in [5, 5.41) is 2.35. The van der Waals surface area contributed by atoms with Crippen LogP contribution in [0.25, 0.3) is 10.8 Å². The van der Waals surface area contributed by atoms with Crippen LogP contribution in [-0.4, -0.2) is 0 Å². The Bertz CT molecular complexity index is 447. The zero-order valence-corrected chi connectivity index (χ0v) is 6.54. The van der Waals surface area contributed by atoms with E-state index in [0.717, 1.165) is 10.9 Å². The number of benzene rings is 2. The molecule has 0 saturated heterocycles. The highest BCUT2D eigenvalue weighted by Crippen LogP contribution is 2.14. The largest absolute Gasteiger partial charge is 0.115 e. The second-order valence-electron chi connectivity index (χ2n) is 2.63. The lowest BCUT2D eigenvalue weighted by Gasteiger charge is -1.96. The molecule has 0 aliphatic rings. The SMILES string of the molecule is C#Cc1ccc2cc[c]cc2c1. The van der Waals surface area contributed by atoms with Gasteiger partial charge in [-0.05, 0) is 35.0 Å². The summed E-state index contributed by atoms with van der Waals surface area (Å²) in [6.45, 7) is 0. The molecule has 2 aromatic rings. The van der Waals surface area contributed by atoms with Crippen molar-refractivity contribution >= 4 is 10.8 Å². The van der Waals surface area contributed by atoms with Crippen molar-refractivity contribution < 1.29 is 0 Å². The molecule has 55 valence electrons. The van der Waals surface area contributed by atoms with Crippen molar-refractivity contribution in [2.24, 2.45) is 0 Å². The number of rotatable bonds is 0. The minimum absolute atomic E-state index is 0.919. The van der Waals surface area contributed by atoms with Crippen molar-refractivity contribution in [3.8, 4) is 12.3 Å². The molecule has 0 bridgehead atoms. The van der Waals surface area contributed by atoms with Gasteiger partial charge in [0.25, 0.3) is 0 Å². The summed E-state index contributed by atoms with van der Waals surface area (Å²) in [4.78, 5) is 0. The molecule has 0 heteroatoms. The molecule has 0 aliphatic carbocycles. The number of fused-ring (bicyclic) bond motifs is 1. The second-order valence-corrected chi connectivity index (χ2v) is 2.63. The lowest BCUT2D eigenvalue weighted by molar-refractivity contribution is 1.69. The van der Waals surface area contributed by atoms with Gasteiger partial charge in [-0.1, -0.05) is 24.1 Å². The van der Waals surface area contributed by atoms with Crippen LogP contribution < -0.4 is 0 Å². The van der Waals surface area contributed by atoms with Crippen LogP contribution >= 0.6 is 0 Å². The van der Waals surface area contributed by atoms with Crippen LogP contribution in [0.2, 0.25) is 0 Å². The molecule has 0 aliphatic heterocycles. The van der Waals surface area contributed by atoms with Crippen molar-refractivity contribution in [1.82, 2.24) is 0 Å². The quantitative estimate of drug-likeness (QED) is 0.508. The van der Waals surface area contributed by atoms with E-state index in [2.05, 4.69) is 12.0 Å². The van der Waals surface area contributed by atoms with E-state index in [0.29, 0.717) is 0 Å². The molecule has 0 aromatic heterocycles. The molecule has 1 radical (unpaired) electrons. The third-order valence-electron chi connectivity index (χ3n) is 1.85. The standard InChI is InChI=1S/C12H7/c1-2-10-7-8-11-5-3-4-6-12(11)9-10/h1,3,5-9H. The smallest absolute Gasteiger partial charge is 0.0248 e. The van der Waals surface area contributed by atoms with Crippen molar-refractivity contribution in [2.75, 3.05) is 0 Å². The van der Waals surface area contributed by atoms with Gasteiger partial charge in [-0.25, -0.2) is 0 Å². The Morgan fingerprint density at radius 2 is 2.08 bits per heavy atom. The molecule has 0 nitrogen and oxygen atoms in total. The first kappa shape index (κ1) is 6.94. The first-order valence-corrected chi connectivity index (χ1v) is 3.76. The van der Waals surface area contributed by atoms with Crippen molar-refractivity contribution in [1.29, 1.82) is 0 Å². The van der Waals surface area contributed by atoms with Gasteiger partial charge in [0.2, 0.25) is 0 Å². The van der Waals surface area contributed by atoms with Crippen LogP contribution in [0.5, 0.6) is 0 Å². The highest BCUT2D eigenvalue weighted by molar-refractivity contribution is 5.83. The van der Waals surface area contributed by atoms with Crippen molar-refractivity contribution in [2.45, 2.75) is 0 Å². The first-order valence-electron chi connectivity index (χ1n) is 3.76. The highest BCUT2D eigenvalue weighted by Gasteiger charge is 1.91. The van der Waals surface area contributed by atoms with Crippen LogP contribution in [0.4, 0.5) is 0 Å². The van der Waals surface area contributed by atoms with Gasteiger partial charge in [0, 0.05) is 5.56 Å². The number of hydrogen-bond donors (Lipinski definition) is 0. The summed E-state index contributed by atoms with van der Waals surface area (Å²) in [6.07, 6.45) is 5.28. The molecule has 0 atom stereocenters. The van der Waals surface area contributed by atoms with Gasteiger partial charge in [0.15, 0.2) is 0 Å². The maximum Gasteiger partial charge on any atom is 0.0248 e. The second kappa shape index (κ2) is 2.71. The Labute approximate surface area is 71.8 Å². The third-order valence-corrected chi connectivity index (χ3v) is 1.85. The zero-order valence-electron chi connectivity index (χ0n) is 6.54. The Balaban J connectivity index is 2.78. The summed E-state index contributed by atoms with van der Waals surface area (Å²) in [7, 11) is 0. The summed E-state index contributed by atoms with van der Waals surface area (Å²) in [5.41, 5.74) is 0.919. The van der Waals surface area contributed by atoms with Gasteiger partial charge < -0.3 is 0 Å². The van der Waals surface area contributed by atoms with E-state index in [4.69, 9.17) is 6.42 Å². The Morgan fingerprint density at radius 1 is 1.17 bits per heavy atom. The van der Waals surface area contributed by atoms with Crippen molar-refractivity contribution in [3.05, 3.63) is 48.0 Å². The van der Waals surface area contributed by atoms with Crippen molar-refractivity contribution in [3.63, 3.8) is 0 Å². The molecule has 0 N–H and O–H groups in total. The predicted octanol–water partition coefficient (Wildman–Crippen LogP) is 2.62. The van der Waals surface area contributed by atoms with Crippen LogP contribution in [0.1, 0.15) is 5.56 Å². The lowest BCUT2D eigenvalue weighted by Crippen LogP contribution is -1.75. The summed E-state index contributed by atoms with van der Waals surface area (Å²) in [6, 6.07) is 14.8. The first-order chi connectivity index (χ1) is 5.90. The van der Waals surface area contributed by atoms with E-state index in [1.165, 1.54) is 5.39 Å². The molecule has 0 unspecified atom stereocenters. The van der Waals surface area contributed by atoms with Crippen LogP contribution in [0.15, 0.2) is 36.4 Å². The van der Waals surface area contributed by atoms with Gasteiger partial charge in [-0.3, -0.25) is 0 Å². The number of hydrogen-bond acceptors (Lipinski definition) is 0. The molecule has 0 fully saturated rings. The van der Waals surface area contributed by atoms with E-state index < -0.39 is 0 Å². The monoisotopic (exact) mass is 151 g/mol. The normalized spacial score (nSPS) is 9.58. The minimum atomic E-state index is 0.919. The summed E-state index contributed by atoms with van der Waals surface area (Å²) in [5.74, 6) is 2.61. The van der Waals surface area contributed by atoms with E-state index >= 15 is 0 Å². The van der Waals surface area contributed by atoms with Gasteiger partial charge >= 0.3 is 0 Å². The average Bonchev–Trinajstić information content (AvgIpc) is 2.17. The molecule has 2 rings (SSSR count). The number of terminal acetylenes is 1. The van der Waals surface area contributed by atoms with E-state index in [-0.39, 0.29) is 0 Å². The fourth-order valence-electron chi connectivity index (χ4n) is 1.22. The van der Waals surface area contributed by atoms with E-state index in [1.807, 2.05) is 36.4 Å². The van der Waals surface area contributed by atoms with Gasteiger partial charge in [0.1, 0.15) is 0 Å². The minimum Gasteiger partial charge on any atom is -0.115 e. The highest BCUT2D eigenvalue weighted by atomic mass is 13.9. The predicted molar refractivity (Wildman–Crippen MR) is 50.7 cm³/mol. The molecule has 0 heterocycles. The Morgan fingerprint density at radius 3 is 2.92 bits per heavy atom. The summed E-state index contributed by atoms with van der Waals surface area (Å²) < 4.78 is 0. The molecular weight excluding hydrogens is 144 g/mol. The molecule has 0 spiro atoms. The molecule has 2 aromatic carbocycles. The maximum atomic E-state index is 5.28. The van der Waals surface area contributed by atoms with Crippen LogP contribution in [0.3, 0.4) is 0 Å². The van der Waals surface area contributed by atoms with Gasteiger partial charge in [0.05, 0.1) is 0 Å². The summed E-state index contributed by atoms with van der Waals surface area (Å²) >= 11 is 0. The van der Waals surface area contributed by atoms with E-state index in [9.17, 15) is 0 Å². The zero-order chi connectivity index (χ0) is 8.39. The molecular formula is C12H7. The topological polar surface area (TPSA) is 0 Å². The molecule has 12 heavy (non-hydrogen) atoms. The lowest BCUT2D eigenvalue weighted by atomic mass is 10.1. The van der Waals surface area contributed by atoms with Crippen LogP contribution in [0, 0.1) is 18.4 Å². The Hall–Kier alpha value is -1.74. The van der Waals surface area contributed by atoms with E-state index in [1.54, 1.807) is 0 Å². The fraction of sp³-hybridized carbons (Fsp3) is 0. The average molecular weight is 151 g/mol. The molecule has 0 amide bonds. The van der Waals surface area contributed by atoms with Crippen LogP contribution in [-0.2, 0) is 0 Å².